The van der Waals surface area contributed by atoms with E-state index >= 15 is 0 Å². The first-order chi connectivity index (χ1) is 8.20. The Hall–Kier alpha value is -0.780. The minimum Gasteiger partial charge on any atom is -0.309 e. The van der Waals surface area contributed by atoms with E-state index in [1.54, 1.807) is 22.7 Å². The second-order valence-electron chi connectivity index (χ2n) is 3.96. The Morgan fingerprint density at radius 1 is 1.41 bits per heavy atom. The molecular weight excluding hydrogens is 250 g/mol. The highest BCUT2D eigenvalue weighted by Gasteiger charge is 2.17. The molecule has 2 heterocycles. The van der Waals surface area contributed by atoms with Crippen molar-refractivity contribution in [3.8, 4) is 0 Å². The summed E-state index contributed by atoms with van der Waals surface area (Å²) in [5, 5.41) is 4.68. The van der Waals surface area contributed by atoms with E-state index in [4.69, 9.17) is 0 Å². The average molecular weight is 267 g/mol. The Bertz CT molecular complexity index is 462. The maximum Gasteiger partial charge on any atom is 0.0900 e. The van der Waals surface area contributed by atoms with Crippen LogP contribution in [0.15, 0.2) is 11.7 Å². The molecule has 1 N–H and O–H groups in total. The molecule has 0 spiro atoms. The molecular formula is C12H17N3S2. The summed E-state index contributed by atoms with van der Waals surface area (Å²) in [5.41, 5.74) is 3.05. The molecule has 17 heavy (non-hydrogen) atoms. The van der Waals surface area contributed by atoms with Gasteiger partial charge in [0.2, 0.25) is 0 Å². The number of aromatic nitrogens is 2. The molecule has 0 fully saturated rings. The summed E-state index contributed by atoms with van der Waals surface area (Å²) in [6, 6.07) is 0.367. The molecule has 2 rings (SSSR count). The van der Waals surface area contributed by atoms with Gasteiger partial charge in [0.05, 0.1) is 16.2 Å². The van der Waals surface area contributed by atoms with Crippen LogP contribution in [-0.4, -0.2) is 16.5 Å². The molecule has 0 radical (unpaired) electrons. The largest absolute Gasteiger partial charge is 0.309 e. The van der Waals surface area contributed by atoms with Crippen LogP contribution in [0.25, 0.3) is 0 Å². The number of nitrogens with zero attached hydrogens (tertiary/aromatic N) is 2. The van der Waals surface area contributed by atoms with Gasteiger partial charge in [-0.2, -0.15) is 0 Å². The van der Waals surface area contributed by atoms with Crippen LogP contribution in [0.3, 0.4) is 0 Å². The lowest BCUT2D eigenvalue weighted by Gasteiger charge is -2.15. The van der Waals surface area contributed by atoms with Crippen molar-refractivity contribution in [2.75, 3.05) is 6.54 Å². The number of thiazole rings is 2. The molecule has 2 aromatic heterocycles. The molecule has 3 nitrogen and oxygen atoms in total. The minimum atomic E-state index is 0.367. The number of nitrogens with one attached hydrogen (secondary N) is 1. The summed E-state index contributed by atoms with van der Waals surface area (Å²) in [6.45, 7) is 7.27. The fourth-order valence-electron chi connectivity index (χ4n) is 1.92. The molecule has 0 saturated carbocycles. The molecule has 1 atom stereocenters. The third kappa shape index (κ3) is 3.12. The van der Waals surface area contributed by atoms with Gasteiger partial charge < -0.3 is 5.32 Å². The fourth-order valence-corrected chi connectivity index (χ4v) is 3.56. The number of aryl methyl sites for hydroxylation is 2. The standard InChI is InChI=1S/C12H17N3S2/c1-4-14-11(5-10-6-13-7-16-10)12-8(2)15-9(3)17-12/h6-7,11,14H,4-5H2,1-3H3. The predicted molar refractivity (Wildman–Crippen MR) is 73.8 cm³/mol. The molecule has 5 heteroatoms. The lowest BCUT2D eigenvalue weighted by molar-refractivity contribution is 0.558. The van der Waals surface area contributed by atoms with Crippen LogP contribution in [0, 0.1) is 13.8 Å². The highest BCUT2D eigenvalue weighted by molar-refractivity contribution is 7.11. The second kappa shape index (κ2) is 5.71. The lowest BCUT2D eigenvalue weighted by Crippen LogP contribution is -2.22. The molecule has 0 bridgehead atoms. The number of hydrogen-bond donors (Lipinski definition) is 1. The van der Waals surface area contributed by atoms with Crippen LogP contribution in [-0.2, 0) is 6.42 Å². The maximum atomic E-state index is 4.51. The molecule has 0 saturated heterocycles. The zero-order valence-corrected chi connectivity index (χ0v) is 12.0. The van der Waals surface area contributed by atoms with Crippen molar-refractivity contribution in [1.29, 1.82) is 0 Å². The van der Waals surface area contributed by atoms with E-state index in [2.05, 4.69) is 36.1 Å². The van der Waals surface area contributed by atoms with E-state index in [0.29, 0.717) is 6.04 Å². The van der Waals surface area contributed by atoms with Gasteiger partial charge in [-0.25, -0.2) is 4.98 Å². The maximum absolute atomic E-state index is 4.51. The normalized spacial score (nSPS) is 12.9. The fraction of sp³-hybridized carbons (Fsp3) is 0.500. The zero-order valence-electron chi connectivity index (χ0n) is 10.4. The number of rotatable bonds is 5. The summed E-state index contributed by atoms with van der Waals surface area (Å²) < 4.78 is 0. The van der Waals surface area contributed by atoms with Crippen LogP contribution in [0.2, 0.25) is 0 Å². The Morgan fingerprint density at radius 2 is 2.24 bits per heavy atom. The van der Waals surface area contributed by atoms with Gasteiger partial charge in [-0.3, -0.25) is 4.98 Å². The molecule has 0 aliphatic rings. The van der Waals surface area contributed by atoms with Gasteiger partial charge in [-0.15, -0.1) is 22.7 Å². The van der Waals surface area contributed by atoms with Gasteiger partial charge in [0.1, 0.15) is 0 Å². The summed E-state index contributed by atoms with van der Waals surface area (Å²) in [7, 11) is 0. The van der Waals surface area contributed by atoms with E-state index in [9.17, 15) is 0 Å². The summed E-state index contributed by atoms with van der Waals surface area (Å²) in [6.07, 6.45) is 2.96. The first-order valence-electron chi connectivity index (χ1n) is 5.75. The molecule has 2 aromatic rings. The van der Waals surface area contributed by atoms with E-state index in [1.807, 2.05) is 11.7 Å². The highest BCUT2D eigenvalue weighted by Crippen LogP contribution is 2.28. The van der Waals surface area contributed by atoms with Crippen LogP contribution >= 0.6 is 22.7 Å². The first-order valence-corrected chi connectivity index (χ1v) is 7.45. The minimum absolute atomic E-state index is 0.367. The van der Waals surface area contributed by atoms with Crippen LogP contribution in [0.5, 0.6) is 0 Å². The van der Waals surface area contributed by atoms with Gasteiger partial charge in [0.15, 0.2) is 0 Å². The Balaban J connectivity index is 2.19. The van der Waals surface area contributed by atoms with Gasteiger partial charge in [-0.05, 0) is 20.4 Å². The summed E-state index contributed by atoms with van der Waals surface area (Å²) in [4.78, 5) is 11.3. The van der Waals surface area contributed by atoms with E-state index in [-0.39, 0.29) is 0 Å². The van der Waals surface area contributed by atoms with Crippen molar-refractivity contribution in [2.45, 2.75) is 33.2 Å². The Kier molecular flexibility index (Phi) is 4.25. The van der Waals surface area contributed by atoms with E-state index in [0.717, 1.165) is 23.7 Å². The topological polar surface area (TPSA) is 37.8 Å². The molecule has 0 amide bonds. The zero-order chi connectivity index (χ0) is 12.3. The van der Waals surface area contributed by atoms with Crippen LogP contribution in [0.4, 0.5) is 0 Å². The predicted octanol–water partition coefficient (Wildman–Crippen LogP) is 3.11. The summed E-state index contributed by atoms with van der Waals surface area (Å²) >= 11 is 3.51. The van der Waals surface area contributed by atoms with Crippen molar-refractivity contribution < 1.29 is 0 Å². The van der Waals surface area contributed by atoms with Crippen molar-refractivity contribution in [1.82, 2.24) is 15.3 Å². The molecule has 92 valence electrons. The van der Waals surface area contributed by atoms with Crippen molar-refractivity contribution in [3.05, 3.63) is 32.2 Å². The van der Waals surface area contributed by atoms with Gasteiger partial charge in [0.25, 0.3) is 0 Å². The highest BCUT2D eigenvalue weighted by atomic mass is 32.1. The average Bonchev–Trinajstić information content (AvgIpc) is 2.88. The van der Waals surface area contributed by atoms with Crippen molar-refractivity contribution in [2.24, 2.45) is 0 Å². The number of hydrogen-bond acceptors (Lipinski definition) is 5. The van der Waals surface area contributed by atoms with Gasteiger partial charge in [0, 0.05) is 28.4 Å². The van der Waals surface area contributed by atoms with E-state index < -0.39 is 0 Å². The van der Waals surface area contributed by atoms with Crippen molar-refractivity contribution in [3.63, 3.8) is 0 Å². The van der Waals surface area contributed by atoms with Gasteiger partial charge in [-0.1, -0.05) is 6.92 Å². The summed E-state index contributed by atoms with van der Waals surface area (Å²) in [5.74, 6) is 0. The quantitative estimate of drug-likeness (QED) is 0.904. The first kappa shape index (κ1) is 12.7. The number of likely N-dealkylation sites (N-methyl/N-ethyl adjacent to an activating group) is 1. The Labute approximate surface area is 110 Å². The van der Waals surface area contributed by atoms with Crippen molar-refractivity contribution >= 4 is 22.7 Å². The smallest absolute Gasteiger partial charge is 0.0900 e. The van der Waals surface area contributed by atoms with E-state index in [1.165, 1.54) is 9.75 Å². The SMILES string of the molecule is CCNC(Cc1cncs1)c1sc(C)nc1C. The lowest BCUT2D eigenvalue weighted by atomic mass is 10.1. The molecule has 0 aromatic carbocycles. The Morgan fingerprint density at radius 3 is 2.76 bits per heavy atom. The van der Waals surface area contributed by atoms with Crippen LogP contribution < -0.4 is 5.32 Å². The third-order valence-corrected chi connectivity index (χ3v) is 4.58. The third-order valence-electron chi connectivity index (χ3n) is 2.60. The molecule has 0 aliphatic heterocycles. The van der Waals surface area contributed by atoms with Crippen LogP contribution in [0.1, 0.15) is 33.4 Å². The van der Waals surface area contributed by atoms with Gasteiger partial charge >= 0.3 is 0 Å². The molecule has 0 aliphatic carbocycles. The molecule has 1 unspecified atom stereocenters. The monoisotopic (exact) mass is 267 g/mol. The second-order valence-corrected chi connectivity index (χ2v) is 6.17.